The normalized spacial score (nSPS) is 30.8. The molecule has 1 saturated heterocycles. The van der Waals surface area contributed by atoms with E-state index in [-0.39, 0.29) is 18.3 Å². The van der Waals surface area contributed by atoms with Gasteiger partial charge in [0, 0.05) is 0 Å². The van der Waals surface area contributed by atoms with Crippen molar-refractivity contribution in [2.45, 2.75) is 37.7 Å². The van der Waals surface area contributed by atoms with E-state index in [1.807, 2.05) is 0 Å². The van der Waals surface area contributed by atoms with Crippen molar-refractivity contribution in [1.82, 2.24) is 0 Å². The Morgan fingerprint density at radius 3 is 2.62 bits per heavy atom. The monoisotopic (exact) mass is 183 g/mol. The van der Waals surface area contributed by atoms with Gasteiger partial charge in [-0.15, -0.1) is 0 Å². The summed E-state index contributed by atoms with van der Waals surface area (Å²) in [6.45, 7) is 0. The molecule has 0 radical (unpaired) electrons. The molecular weight excluding hydrogens is 170 g/mol. The lowest BCUT2D eigenvalue weighted by Gasteiger charge is -2.26. The van der Waals surface area contributed by atoms with Gasteiger partial charge in [0.05, 0.1) is 12.3 Å². The van der Waals surface area contributed by atoms with Crippen LogP contribution in [0, 0.1) is 5.92 Å². The van der Waals surface area contributed by atoms with E-state index >= 15 is 0 Å². The minimum absolute atomic E-state index is 0.176. The van der Waals surface area contributed by atoms with Gasteiger partial charge >= 0.3 is 5.97 Å². The largest absolute Gasteiger partial charge is 0.458 e. The molecule has 2 rings (SSSR count). The van der Waals surface area contributed by atoms with Crippen molar-refractivity contribution in [1.29, 1.82) is 0 Å². The number of nitrogens with two attached hydrogens (primary N) is 1. The van der Waals surface area contributed by atoms with Crippen molar-refractivity contribution in [3.8, 4) is 0 Å². The van der Waals surface area contributed by atoms with E-state index in [1.54, 1.807) is 0 Å². The second-order valence-electron chi connectivity index (χ2n) is 3.91. The molecule has 1 aliphatic heterocycles. The quantitative estimate of drug-likeness (QED) is 0.596. The molecule has 0 aromatic rings. The van der Waals surface area contributed by atoms with Gasteiger partial charge in [0.25, 0.3) is 0 Å². The summed E-state index contributed by atoms with van der Waals surface area (Å²) in [6, 6.07) is 0. The van der Waals surface area contributed by atoms with Crippen LogP contribution in [0.5, 0.6) is 0 Å². The number of rotatable bonds is 1. The summed E-state index contributed by atoms with van der Waals surface area (Å²) in [5.74, 6) is -1.05. The minimum Gasteiger partial charge on any atom is -0.458 e. The predicted molar refractivity (Wildman–Crippen MR) is 44.6 cm³/mol. The predicted octanol–water partition coefficient (Wildman–Crippen LogP) is 0.348. The van der Waals surface area contributed by atoms with Crippen LogP contribution in [0.2, 0.25) is 0 Å². The Bertz CT molecular complexity index is 256. The Labute approximate surface area is 76.4 Å². The number of amides is 1. The van der Waals surface area contributed by atoms with Crippen LogP contribution in [-0.2, 0) is 14.3 Å². The van der Waals surface area contributed by atoms with Crippen molar-refractivity contribution in [2.75, 3.05) is 0 Å². The first-order chi connectivity index (χ1) is 6.14. The van der Waals surface area contributed by atoms with Crippen LogP contribution in [0.1, 0.15) is 32.1 Å². The summed E-state index contributed by atoms with van der Waals surface area (Å²) in [5.41, 5.74) is 4.72. The molecule has 1 spiro atoms. The molecule has 1 aliphatic carbocycles. The van der Waals surface area contributed by atoms with Gasteiger partial charge in [-0.1, -0.05) is 0 Å². The first kappa shape index (κ1) is 8.53. The highest BCUT2D eigenvalue weighted by Crippen LogP contribution is 2.45. The van der Waals surface area contributed by atoms with Crippen LogP contribution in [0.3, 0.4) is 0 Å². The zero-order chi connectivity index (χ0) is 9.47. The van der Waals surface area contributed by atoms with Gasteiger partial charge in [-0.3, -0.25) is 9.59 Å². The van der Waals surface area contributed by atoms with Gasteiger partial charge in [0.2, 0.25) is 5.91 Å². The van der Waals surface area contributed by atoms with Gasteiger partial charge in [0.15, 0.2) is 0 Å². The SMILES string of the molecule is NC(=O)[C@H]1CC(=O)OC12CCCC2. The third kappa shape index (κ3) is 1.20. The van der Waals surface area contributed by atoms with Crippen molar-refractivity contribution in [3.05, 3.63) is 0 Å². The number of hydrogen-bond donors (Lipinski definition) is 1. The number of ether oxygens (including phenoxy) is 1. The summed E-state index contributed by atoms with van der Waals surface area (Å²) in [7, 11) is 0. The second kappa shape index (κ2) is 2.72. The molecule has 1 saturated carbocycles. The van der Waals surface area contributed by atoms with Crippen LogP contribution in [0.4, 0.5) is 0 Å². The maximum Gasteiger partial charge on any atom is 0.307 e. The Morgan fingerprint density at radius 2 is 2.08 bits per heavy atom. The van der Waals surface area contributed by atoms with Crippen molar-refractivity contribution < 1.29 is 14.3 Å². The zero-order valence-corrected chi connectivity index (χ0v) is 7.41. The average Bonchev–Trinajstić information content (AvgIpc) is 2.60. The van der Waals surface area contributed by atoms with Gasteiger partial charge in [-0.25, -0.2) is 0 Å². The molecule has 4 heteroatoms. The number of carbonyl (C=O) groups is 2. The summed E-state index contributed by atoms with van der Waals surface area (Å²) in [6.07, 6.45) is 3.82. The van der Waals surface area contributed by atoms with E-state index in [9.17, 15) is 9.59 Å². The van der Waals surface area contributed by atoms with Crippen LogP contribution in [0.15, 0.2) is 0 Å². The van der Waals surface area contributed by atoms with Crippen molar-refractivity contribution in [3.63, 3.8) is 0 Å². The molecule has 72 valence electrons. The molecular formula is C9H13NO3. The number of esters is 1. The molecule has 4 nitrogen and oxygen atoms in total. The smallest absolute Gasteiger partial charge is 0.307 e. The summed E-state index contributed by atoms with van der Waals surface area (Å²) in [5, 5.41) is 0. The molecule has 2 aliphatic rings. The summed E-state index contributed by atoms with van der Waals surface area (Å²) in [4.78, 5) is 22.2. The molecule has 2 fully saturated rings. The average molecular weight is 183 g/mol. The number of hydrogen-bond acceptors (Lipinski definition) is 3. The number of primary amides is 1. The van der Waals surface area contributed by atoms with E-state index in [0.29, 0.717) is 0 Å². The minimum atomic E-state index is -0.525. The van der Waals surface area contributed by atoms with E-state index in [2.05, 4.69) is 0 Å². The lowest BCUT2D eigenvalue weighted by molar-refractivity contribution is -0.149. The van der Waals surface area contributed by atoms with Gasteiger partial charge in [-0.2, -0.15) is 0 Å². The Morgan fingerprint density at radius 1 is 1.46 bits per heavy atom. The van der Waals surface area contributed by atoms with Gasteiger partial charge < -0.3 is 10.5 Å². The Hall–Kier alpha value is -1.06. The van der Waals surface area contributed by atoms with Crippen LogP contribution in [-0.4, -0.2) is 17.5 Å². The van der Waals surface area contributed by atoms with E-state index in [0.717, 1.165) is 25.7 Å². The molecule has 1 amide bonds. The molecule has 0 bridgehead atoms. The van der Waals surface area contributed by atoms with Crippen LogP contribution in [0.25, 0.3) is 0 Å². The Balaban J connectivity index is 2.25. The highest BCUT2D eigenvalue weighted by molar-refractivity contribution is 5.86. The van der Waals surface area contributed by atoms with Crippen molar-refractivity contribution in [2.24, 2.45) is 11.7 Å². The fourth-order valence-electron chi connectivity index (χ4n) is 2.48. The molecule has 0 aromatic heterocycles. The van der Waals surface area contributed by atoms with E-state index in [1.165, 1.54) is 0 Å². The lowest BCUT2D eigenvalue weighted by Crippen LogP contribution is -2.40. The third-order valence-corrected chi connectivity index (χ3v) is 3.12. The highest BCUT2D eigenvalue weighted by Gasteiger charge is 2.53. The standard InChI is InChI=1S/C9H13NO3/c10-8(12)6-5-7(11)13-9(6)3-1-2-4-9/h6H,1-5H2,(H2,10,12)/t6-/m1/s1. The van der Waals surface area contributed by atoms with E-state index in [4.69, 9.17) is 10.5 Å². The Kier molecular flexibility index (Phi) is 1.78. The van der Waals surface area contributed by atoms with E-state index < -0.39 is 11.5 Å². The second-order valence-corrected chi connectivity index (χ2v) is 3.91. The molecule has 0 aromatic carbocycles. The first-order valence-electron chi connectivity index (χ1n) is 4.65. The summed E-state index contributed by atoms with van der Waals surface area (Å²) < 4.78 is 5.24. The van der Waals surface area contributed by atoms with Crippen molar-refractivity contribution >= 4 is 11.9 Å². The maximum absolute atomic E-state index is 11.1. The fraction of sp³-hybridized carbons (Fsp3) is 0.778. The highest BCUT2D eigenvalue weighted by atomic mass is 16.6. The molecule has 2 N–H and O–H groups in total. The molecule has 1 atom stereocenters. The topological polar surface area (TPSA) is 69.4 Å². The molecule has 1 heterocycles. The zero-order valence-electron chi connectivity index (χ0n) is 7.41. The fourth-order valence-corrected chi connectivity index (χ4v) is 2.48. The maximum atomic E-state index is 11.1. The summed E-state index contributed by atoms with van der Waals surface area (Å²) >= 11 is 0. The molecule has 13 heavy (non-hydrogen) atoms. The lowest BCUT2D eigenvalue weighted by atomic mass is 9.85. The first-order valence-corrected chi connectivity index (χ1v) is 4.65. The van der Waals surface area contributed by atoms with Crippen LogP contribution >= 0.6 is 0 Å². The van der Waals surface area contributed by atoms with Crippen LogP contribution < -0.4 is 5.73 Å². The third-order valence-electron chi connectivity index (χ3n) is 3.12. The van der Waals surface area contributed by atoms with Gasteiger partial charge in [-0.05, 0) is 25.7 Å². The van der Waals surface area contributed by atoms with Gasteiger partial charge in [0.1, 0.15) is 5.60 Å². The molecule has 0 unspecified atom stereocenters. The number of carbonyl (C=O) groups excluding carboxylic acids is 2.